The molecule has 2 aromatic rings. The van der Waals surface area contributed by atoms with E-state index in [2.05, 4.69) is 49.4 Å². The second kappa shape index (κ2) is 6.64. The van der Waals surface area contributed by atoms with E-state index >= 15 is 0 Å². The van der Waals surface area contributed by atoms with Gasteiger partial charge in [-0.25, -0.2) is 0 Å². The molecule has 2 atom stereocenters. The van der Waals surface area contributed by atoms with Crippen molar-refractivity contribution in [2.75, 3.05) is 6.61 Å². The van der Waals surface area contributed by atoms with Gasteiger partial charge >= 0.3 is 0 Å². The molecule has 2 heteroatoms. The molecule has 0 aromatic heterocycles. The van der Waals surface area contributed by atoms with Gasteiger partial charge in [0.15, 0.2) is 0 Å². The second-order valence-corrected chi connectivity index (χ2v) is 6.79. The molecule has 1 aliphatic heterocycles. The van der Waals surface area contributed by atoms with Crippen LogP contribution < -0.4 is 0 Å². The fourth-order valence-corrected chi connectivity index (χ4v) is 4.29. The minimum Gasteiger partial charge on any atom is -0.368 e. The molecule has 0 amide bonds. The highest BCUT2D eigenvalue weighted by Gasteiger charge is 2.27. The lowest BCUT2D eigenvalue weighted by Crippen LogP contribution is -2.04. The molecule has 1 saturated heterocycles. The Bertz CT molecular complexity index is 561. The van der Waals surface area contributed by atoms with Crippen molar-refractivity contribution in [3.8, 4) is 0 Å². The molecule has 20 heavy (non-hydrogen) atoms. The van der Waals surface area contributed by atoms with E-state index in [4.69, 9.17) is 4.74 Å². The van der Waals surface area contributed by atoms with Crippen molar-refractivity contribution in [1.82, 2.24) is 0 Å². The van der Waals surface area contributed by atoms with Gasteiger partial charge < -0.3 is 4.74 Å². The molecule has 3 rings (SSSR count). The van der Waals surface area contributed by atoms with Crippen LogP contribution in [0.25, 0.3) is 10.8 Å². The lowest BCUT2D eigenvalue weighted by molar-refractivity contribution is 0.108. The summed E-state index contributed by atoms with van der Waals surface area (Å²) in [5, 5.41) is 3.34. The van der Waals surface area contributed by atoms with Gasteiger partial charge in [-0.05, 0) is 35.6 Å². The van der Waals surface area contributed by atoms with Crippen LogP contribution in [0.15, 0.2) is 42.5 Å². The zero-order valence-electron chi connectivity index (χ0n) is 12.0. The lowest BCUT2D eigenvalue weighted by Gasteiger charge is -2.14. The molecule has 1 heterocycles. The maximum atomic E-state index is 5.97. The Morgan fingerprint density at radius 1 is 1.10 bits per heavy atom. The number of hydrogen-bond acceptors (Lipinski definition) is 2. The van der Waals surface area contributed by atoms with Crippen molar-refractivity contribution < 1.29 is 4.74 Å². The molecule has 1 fully saturated rings. The quantitative estimate of drug-likeness (QED) is 0.666. The summed E-state index contributed by atoms with van der Waals surface area (Å²) in [6.07, 6.45) is 4.80. The maximum Gasteiger partial charge on any atom is 0.103 e. The van der Waals surface area contributed by atoms with Crippen LogP contribution >= 0.6 is 11.8 Å². The van der Waals surface area contributed by atoms with Gasteiger partial charge in [0.2, 0.25) is 0 Å². The predicted molar refractivity (Wildman–Crippen MR) is 88.2 cm³/mol. The molecule has 0 saturated carbocycles. The monoisotopic (exact) mass is 286 g/mol. The van der Waals surface area contributed by atoms with E-state index < -0.39 is 0 Å². The van der Waals surface area contributed by atoms with Crippen LogP contribution in [0, 0.1) is 0 Å². The minimum absolute atomic E-state index is 0.394. The number of ether oxygens (including phenoxy) is 1. The Hall–Kier alpha value is -0.990. The molecular formula is C18H22OS. The van der Waals surface area contributed by atoms with Crippen molar-refractivity contribution in [1.29, 1.82) is 0 Å². The third-order valence-electron chi connectivity index (χ3n) is 3.95. The van der Waals surface area contributed by atoms with Crippen LogP contribution in [-0.2, 0) is 4.74 Å². The molecule has 106 valence electrons. The normalized spacial score (nSPS) is 22.4. The molecular weight excluding hydrogens is 264 g/mol. The van der Waals surface area contributed by atoms with E-state index in [1.165, 1.54) is 42.0 Å². The number of thioether (sulfide) groups is 1. The fourth-order valence-electron chi connectivity index (χ4n) is 2.85. The van der Waals surface area contributed by atoms with Crippen LogP contribution in [0.2, 0.25) is 0 Å². The van der Waals surface area contributed by atoms with E-state index in [9.17, 15) is 0 Å². The Morgan fingerprint density at radius 2 is 1.95 bits per heavy atom. The van der Waals surface area contributed by atoms with E-state index in [1.54, 1.807) is 0 Å². The van der Waals surface area contributed by atoms with E-state index in [0.29, 0.717) is 10.7 Å². The molecule has 0 spiro atoms. The highest BCUT2D eigenvalue weighted by Crippen LogP contribution is 2.46. The third-order valence-corrected chi connectivity index (χ3v) is 5.45. The first-order chi connectivity index (χ1) is 9.88. The smallest absolute Gasteiger partial charge is 0.103 e. The van der Waals surface area contributed by atoms with Gasteiger partial charge in [-0.2, -0.15) is 0 Å². The van der Waals surface area contributed by atoms with Crippen LogP contribution in [0.3, 0.4) is 0 Å². The van der Waals surface area contributed by atoms with Gasteiger partial charge in [0.05, 0.1) is 0 Å². The number of unbranched alkanes of at least 4 members (excludes halogenated alkanes) is 1. The fraction of sp³-hybridized carbons (Fsp3) is 0.444. The molecule has 2 unspecified atom stereocenters. The largest absolute Gasteiger partial charge is 0.368 e. The Balaban J connectivity index is 1.73. The molecule has 0 bridgehead atoms. The van der Waals surface area contributed by atoms with Gasteiger partial charge in [-0.3, -0.25) is 0 Å². The Morgan fingerprint density at radius 3 is 2.85 bits per heavy atom. The standard InChI is InChI=1S/C18H22OS/c1-2-3-13-19-18-12-11-17(20-18)16-10-6-8-14-7-4-5-9-15(14)16/h4-10,17-18H,2-3,11-13H2,1H3. The molecule has 1 nitrogen and oxygen atoms in total. The second-order valence-electron chi connectivity index (χ2n) is 5.42. The molecule has 2 aromatic carbocycles. The SMILES string of the molecule is CCCCOC1CCC(c2cccc3ccccc23)S1. The topological polar surface area (TPSA) is 9.23 Å². The zero-order valence-corrected chi connectivity index (χ0v) is 12.9. The average molecular weight is 286 g/mol. The number of fused-ring (bicyclic) bond motifs is 1. The summed E-state index contributed by atoms with van der Waals surface area (Å²) in [6, 6.07) is 15.4. The highest BCUT2D eigenvalue weighted by atomic mass is 32.2. The first kappa shape index (κ1) is 14.0. The summed E-state index contributed by atoms with van der Waals surface area (Å²) in [7, 11) is 0. The van der Waals surface area contributed by atoms with Crippen molar-refractivity contribution in [2.24, 2.45) is 0 Å². The van der Waals surface area contributed by atoms with Crippen molar-refractivity contribution in [2.45, 2.75) is 43.3 Å². The van der Waals surface area contributed by atoms with Gasteiger partial charge in [-0.1, -0.05) is 55.8 Å². The van der Waals surface area contributed by atoms with Crippen LogP contribution in [0.4, 0.5) is 0 Å². The predicted octanol–water partition coefficient (Wildman–Crippen LogP) is 5.55. The van der Waals surface area contributed by atoms with Gasteiger partial charge in [0.1, 0.15) is 5.44 Å². The lowest BCUT2D eigenvalue weighted by atomic mass is 10.00. The van der Waals surface area contributed by atoms with Crippen molar-refractivity contribution in [3.63, 3.8) is 0 Å². The first-order valence-corrected chi connectivity index (χ1v) is 8.57. The van der Waals surface area contributed by atoms with Crippen LogP contribution in [-0.4, -0.2) is 12.0 Å². The number of hydrogen-bond donors (Lipinski definition) is 0. The summed E-state index contributed by atoms with van der Waals surface area (Å²) in [5.41, 5.74) is 1.88. The Labute approximate surface area is 125 Å². The molecule has 0 radical (unpaired) electrons. The van der Waals surface area contributed by atoms with E-state index in [1.807, 2.05) is 11.8 Å². The van der Waals surface area contributed by atoms with Gasteiger partial charge in [0.25, 0.3) is 0 Å². The summed E-state index contributed by atoms with van der Waals surface area (Å²) in [5.74, 6) is 0. The van der Waals surface area contributed by atoms with E-state index in [-0.39, 0.29) is 0 Å². The van der Waals surface area contributed by atoms with Crippen LogP contribution in [0.5, 0.6) is 0 Å². The number of benzene rings is 2. The Kier molecular flexibility index (Phi) is 4.64. The molecule has 1 aliphatic rings. The summed E-state index contributed by atoms with van der Waals surface area (Å²) >= 11 is 2.01. The third kappa shape index (κ3) is 3.02. The number of rotatable bonds is 5. The molecule has 0 aliphatic carbocycles. The van der Waals surface area contributed by atoms with E-state index in [0.717, 1.165) is 6.61 Å². The average Bonchev–Trinajstić information content (AvgIpc) is 2.96. The van der Waals surface area contributed by atoms with Crippen molar-refractivity contribution >= 4 is 22.5 Å². The maximum absolute atomic E-state index is 5.97. The van der Waals surface area contributed by atoms with Gasteiger partial charge in [-0.15, -0.1) is 11.8 Å². The summed E-state index contributed by atoms with van der Waals surface area (Å²) in [4.78, 5) is 0. The minimum atomic E-state index is 0.394. The van der Waals surface area contributed by atoms with Crippen LogP contribution in [0.1, 0.15) is 43.4 Å². The summed E-state index contributed by atoms with van der Waals surface area (Å²) < 4.78 is 5.97. The zero-order chi connectivity index (χ0) is 13.8. The van der Waals surface area contributed by atoms with Gasteiger partial charge in [0, 0.05) is 11.9 Å². The first-order valence-electron chi connectivity index (χ1n) is 7.63. The highest BCUT2D eigenvalue weighted by molar-refractivity contribution is 8.00. The van der Waals surface area contributed by atoms with Crippen molar-refractivity contribution in [3.05, 3.63) is 48.0 Å². The molecule has 0 N–H and O–H groups in total. The summed E-state index contributed by atoms with van der Waals surface area (Å²) in [6.45, 7) is 3.13.